The van der Waals surface area contributed by atoms with Crippen molar-refractivity contribution in [3.63, 3.8) is 0 Å². The molecular formula is C8H13NS. The molecule has 56 valence electrons. The molecule has 1 nitrogen and oxygen atoms in total. The Morgan fingerprint density at radius 1 is 1.60 bits per heavy atom. The van der Waals surface area contributed by atoms with E-state index in [4.69, 9.17) is 0 Å². The van der Waals surface area contributed by atoms with Gasteiger partial charge in [-0.05, 0) is 19.8 Å². The monoisotopic (exact) mass is 155 g/mol. The van der Waals surface area contributed by atoms with E-state index in [-0.39, 0.29) is 0 Å². The molecule has 1 aliphatic heterocycles. The van der Waals surface area contributed by atoms with Gasteiger partial charge in [0.1, 0.15) is 0 Å². The Balaban J connectivity index is 2.13. The second-order valence-corrected chi connectivity index (χ2v) is 4.22. The maximum Gasteiger partial charge on any atom is 0.0273 e. The average molecular weight is 155 g/mol. The molecular weight excluding hydrogens is 142 g/mol. The molecule has 0 radical (unpaired) electrons. The highest BCUT2D eigenvalue weighted by Gasteiger charge is 2.32. The zero-order chi connectivity index (χ0) is 6.97. The van der Waals surface area contributed by atoms with Crippen molar-refractivity contribution in [2.45, 2.75) is 31.1 Å². The number of hydrogen-bond donors (Lipinski definition) is 1. The quantitative estimate of drug-likeness (QED) is 0.424. The lowest BCUT2D eigenvalue weighted by atomic mass is 9.90. The number of rotatable bonds is 0. The first kappa shape index (κ1) is 6.74. The van der Waals surface area contributed by atoms with Gasteiger partial charge in [-0.1, -0.05) is 24.1 Å². The molecule has 1 saturated heterocycles. The summed E-state index contributed by atoms with van der Waals surface area (Å²) in [6.07, 6.45) is 7.35. The van der Waals surface area contributed by atoms with Gasteiger partial charge in [0.15, 0.2) is 0 Å². The van der Waals surface area contributed by atoms with E-state index in [0.717, 1.165) is 11.2 Å². The van der Waals surface area contributed by atoms with E-state index in [9.17, 15) is 0 Å². The fourth-order valence-electron chi connectivity index (χ4n) is 1.73. The Morgan fingerprint density at radius 2 is 2.50 bits per heavy atom. The summed E-state index contributed by atoms with van der Waals surface area (Å²) < 4.78 is 3.43. The molecule has 2 rings (SSSR count). The Hall–Kier alpha value is 0.0500. The Morgan fingerprint density at radius 3 is 3.30 bits per heavy atom. The standard InChI is InChI=1S/C8H13NS/c1-6-7-4-2-3-5-8(7)10-9-6/h2,4,6-9H,3,5H2,1H3. The largest absolute Gasteiger partial charge is 0.260 e. The van der Waals surface area contributed by atoms with Gasteiger partial charge < -0.3 is 0 Å². The number of allylic oxidation sites excluding steroid dienone is 1. The highest BCUT2D eigenvalue weighted by atomic mass is 32.2. The van der Waals surface area contributed by atoms with Crippen molar-refractivity contribution in [1.82, 2.24) is 4.72 Å². The molecule has 0 spiro atoms. The summed E-state index contributed by atoms with van der Waals surface area (Å²) in [6, 6.07) is 0.687. The second kappa shape index (κ2) is 2.59. The van der Waals surface area contributed by atoms with Crippen LogP contribution in [0.3, 0.4) is 0 Å². The molecule has 0 saturated carbocycles. The number of nitrogens with one attached hydrogen (secondary N) is 1. The summed E-state index contributed by atoms with van der Waals surface area (Å²) in [5.41, 5.74) is 0. The first-order valence-corrected chi connectivity index (χ1v) is 4.84. The molecule has 1 aliphatic carbocycles. The van der Waals surface area contributed by atoms with Crippen LogP contribution in [-0.4, -0.2) is 11.3 Å². The van der Waals surface area contributed by atoms with Gasteiger partial charge in [-0.15, -0.1) is 0 Å². The summed E-state index contributed by atoms with van der Waals surface area (Å²) in [4.78, 5) is 0. The van der Waals surface area contributed by atoms with Crippen LogP contribution in [0.5, 0.6) is 0 Å². The minimum Gasteiger partial charge on any atom is -0.260 e. The van der Waals surface area contributed by atoms with Crippen LogP contribution in [0, 0.1) is 5.92 Å². The molecule has 2 heteroatoms. The van der Waals surface area contributed by atoms with Gasteiger partial charge in [0.2, 0.25) is 0 Å². The molecule has 0 amide bonds. The van der Waals surface area contributed by atoms with Gasteiger partial charge in [-0.2, -0.15) is 0 Å². The third-order valence-corrected chi connectivity index (χ3v) is 3.75. The van der Waals surface area contributed by atoms with Gasteiger partial charge >= 0.3 is 0 Å². The van der Waals surface area contributed by atoms with Crippen LogP contribution in [0.2, 0.25) is 0 Å². The molecule has 1 heterocycles. The lowest BCUT2D eigenvalue weighted by Gasteiger charge is -2.19. The van der Waals surface area contributed by atoms with Crippen molar-refractivity contribution < 1.29 is 0 Å². The maximum absolute atomic E-state index is 3.43. The Labute approximate surface area is 66.4 Å². The first-order valence-electron chi connectivity index (χ1n) is 3.96. The van der Waals surface area contributed by atoms with E-state index in [2.05, 4.69) is 23.8 Å². The summed E-state index contributed by atoms with van der Waals surface area (Å²) in [5, 5.41) is 0.861. The lowest BCUT2D eigenvalue weighted by molar-refractivity contribution is 0.496. The van der Waals surface area contributed by atoms with Crippen molar-refractivity contribution in [1.29, 1.82) is 0 Å². The van der Waals surface area contributed by atoms with E-state index >= 15 is 0 Å². The zero-order valence-electron chi connectivity index (χ0n) is 6.21. The molecule has 1 N–H and O–H groups in total. The molecule has 0 aromatic rings. The lowest BCUT2D eigenvalue weighted by Crippen LogP contribution is -2.24. The van der Waals surface area contributed by atoms with Crippen molar-refractivity contribution in [2.75, 3.05) is 0 Å². The fraction of sp³-hybridized carbons (Fsp3) is 0.750. The maximum atomic E-state index is 3.43. The van der Waals surface area contributed by atoms with Crippen LogP contribution in [0.25, 0.3) is 0 Å². The van der Waals surface area contributed by atoms with Crippen LogP contribution >= 0.6 is 11.9 Å². The molecule has 1 fully saturated rings. The van der Waals surface area contributed by atoms with E-state index in [1.807, 2.05) is 11.9 Å². The summed E-state index contributed by atoms with van der Waals surface area (Å²) >= 11 is 1.93. The Bertz CT molecular complexity index is 155. The molecule has 0 bridgehead atoms. The predicted octanol–water partition coefficient (Wildman–Crippen LogP) is 1.96. The van der Waals surface area contributed by atoms with Crippen molar-refractivity contribution in [3.05, 3.63) is 12.2 Å². The molecule has 3 atom stereocenters. The summed E-state index contributed by atoms with van der Waals surface area (Å²) in [6.45, 7) is 2.27. The van der Waals surface area contributed by atoms with Crippen LogP contribution in [-0.2, 0) is 0 Å². The van der Waals surface area contributed by atoms with Crippen molar-refractivity contribution in [2.24, 2.45) is 5.92 Å². The minimum atomic E-state index is 0.687. The molecule has 3 unspecified atom stereocenters. The third kappa shape index (κ3) is 0.995. The summed E-state index contributed by atoms with van der Waals surface area (Å²) in [5.74, 6) is 0.804. The minimum absolute atomic E-state index is 0.687. The van der Waals surface area contributed by atoms with Gasteiger partial charge in [0.25, 0.3) is 0 Å². The van der Waals surface area contributed by atoms with E-state index in [1.165, 1.54) is 12.8 Å². The van der Waals surface area contributed by atoms with Crippen molar-refractivity contribution >= 4 is 11.9 Å². The second-order valence-electron chi connectivity index (χ2n) is 3.15. The summed E-state index contributed by atoms with van der Waals surface area (Å²) in [7, 11) is 0. The predicted molar refractivity (Wildman–Crippen MR) is 45.8 cm³/mol. The van der Waals surface area contributed by atoms with Gasteiger partial charge in [-0.25, -0.2) is 0 Å². The zero-order valence-corrected chi connectivity index (χ0v) is 7.03. The first-order chi connectivity index (χ1) is 4.88. The smallest absolute Gasteiger partial charge is 0.0273 e. The van der Waals surface area contributed by atoms with Gasteiger partial charge in [-0.3, -0.25) is 4.72 Å². The van der Waals surface area contributed by atoms with Crippen LogP contribution in [0.4, 0.5) is 0 Å². The molecule has 10 heavy (non-hydrogen) atoms. The van der Waals surface area contributed by atoms with Crippen molar-refractivity contribution in [3.8, 4) is 0 Å². The van der Waals surface area contributed by atoms with Crippen LogP contribution in [0.15, 0.2) is 12.2 Å². The van der Waals surface area contributed by atoms with Gasteiger partial charge in [0.05, 0.1) is 0 Å². The highest BCUT2D eigenvalue weighted by molar-refractivity contribution is 7.98. The van der Waals surface area contributed by atoms with Crippen LogP contribution < -0.4 is 4.72 Å². The SMILES string of the molecule is CC1NSC2CCC=CC12. The van der Waals surface area contributed by atoms with E-state index < -0.39 is 0 Å². The fourth-order valence-corrected chi connectivity index (χ4v) is 3.01. The average Bonchev–Trinajstić information content (AvgIpc) is 2.34. The highest BCUT2D eigenvalue weighted by Crippen LogP contribution is 2.35. The number of hydrogen-bond acceptors (Lipinski definition) is 2. The molecule has 0 aromatic heterocycles. The molecule has 2 aliphatic rings. The van der Waals surface area contributed by atoms with Gasteiger partial charge in [0, 0.05) is 17.2 Å². The molecule has 0 aromatic carbocycles. The topological polar surface area (TPSA) is 12.0 Å². The Kier molecular flexibility index (Phi) is 1.75. The number of fused-ring (bicyclic) bond motifs is 1. The van der Waals surface area contributed by atoms with E-state index in [0.29, 0.717) is 6.04 Å². The van der Waals surface area contributed by atoms with E-state index in [1.54, 1.807) is 0 Å². The third-order valence-electron chi connectivity index (χ3n) is 2.39. The normalized spacial score (nSPS) is 45.5. The van der Waals surface area contributed by atoms with Crippen LogP contribution in [0.1, 0.15) is 19.8 Å².